The van der Waals surface area contributed by atoms with E-state index in [9.17, 15) is 4.79 Å². The van der Waals surface area contributed by atoms with E-state index in [0.29, 0.717) is 19.1 Å². The highest BCUT2D eigenvalue weighted by molar-refractivity contribution is 6.90. The van der Waals surface area contributed by atoms with E-state index in [4.69, 9.17) is 28.7 Å². The van der Waals surface area contributed by atoms with E-state index >= 15 is 0 Å². The van der Waals surface area contributed by atoms with Gasteiger partial charge >= 0.3 is 14.8 Å². The van der Waals surface area contributed by atoms with Gasteiger partial charge in [0.2, 0.25) is 0 Å². The lowest BCUT2D eigenvalue weighted by Gasteiger charge is -2.42. The van der Waals surface area contributed by atoms with Gasteiger partial charge in [-0.3, -0.25) is 0 Å². The molecule has 0 radical (unpaired) electrons. The van der Waals surface area contributed by atoms with Gasteiger partial charge in [0.05, 0.1) is 6.61 Å². The van der Waals surface area contributed by atoms with Gasteiger partial charge < -0.3 is 17.1 Å². The van der Waals surface area contributed by atoms with E-state index in [1.807, 2.05) is 0 Å². The van der Waals surface area contributed by atoms with E-state index in [1.165, 1.54) is 6.08 Å². The molecule has 0 heterocycles. The largest absolute Gasteiger partial charge is 0.469 e. The molecule has 0 N–H and O–H groups in total. The van der Waals surface area contributed by atoms with Crippen LogP contribution in [0, 0.1) is 0 Å². The number of ether oxygens (including phenoxy) is 1. The Hall–Kier alpha value is 0.248. The minimum Gasteiger partial charge on any atom is -0.463 e. The molecule has 25 heavy (non-hydrogen) atoms. The van der Waals surface area contributed by atoms with Crippen molar-refractivity contribution in [1.29, 1.82) is 0 Å². The zero-order valence-corrected chi connectivity index (χ0v) is 22.0. The van der Waals surface area contributed by atoms with Crippen molar-refractivity contribution < 1.29 is 21.9 Å². The predicted octanol–water partition coefficient (Wildman–Crippen LogP) is 5.17. The van der Waals surface area contributed by atoms with Crippen LogP contribution in [0.15, 0.2) is 11.6 Å². The number of carbonyl (C=O) groups is 1. The van der Waals surface area contributed by atoms with Crippen LogP contribution in [0.5, 0.6) is 0 Å². The molecule has 0 amide bonds. The van der Waals surface area contributed by atoms with Crippen molar-refractivity contribution in [1.82, 2.24) is 0 Å². The molecule has 0 aliphatic carbocycles. The number of esters is 1. The minimum atomic E-state index is -2.84. The van der Waals surface area contributed by atoms with Crippen molar-refractivity contribution >= 4 is 51.3 Å². The first-order chi connectivity index (χ1) is 11.1. The summed E-state index contributed by atoms with van der Waals surface area (Å²) in [4.78, 5) is 11.4. The fraction of sp³-hybridized carbons (Fsp3) is 0.800. The molecule has 0 saturated carbocycles. The first-order valence-electron chi connectivity index (χ1n) is 8.62. The molecule has 0 saturated heterocycles. The lowest BCUT2D eigenvalue weighted by atomic mass is 10.5. The Bertz CT molecular complexity index is 412. The fourth-order valence-corrected chi connectivity index (χ4v) is 16.9. The summed E-state index contributed by atoms with van der Waals surface area (Å²) < 4.78 is 24.8. The van der Waals surface area contributed by atoms with Crippen molar-refractivity contribution in [2.45, 2.75) is 71.4 Å². The molecule has 0 spiro atoms. The Balaban J connectivity index is 5.26. The third-order valence-corrected chi connectivity index (χ3v) is 14.6. The van der Waals surface area contributed by atoms with Crippen molar-refractivity contribution in [3.63, 3.8) is 0 Å². The van der Waals surface area contributed by atoms with E-state index in [-0.39, 0.29) is 0 Å². The topological polar surface area (TPSA) is 54.0 Å². The van der Waals surface area contributed by atoms with E-state index in [0.717, 1.165) is 5.54 Å². The Kier molecular flexibility index (Phi) is 10.1. The Labute approximate surface area is 162 Å². The van der Waals surface area contributed by atoms with E-state index in [2.05, 4.69) is 58.9 Å². The van der Waals surface area contributed by atoms with Gasteiger partial charge in [0.15, 0.2) is 25.0 Å². The molecule has 0 aromatic heterocycles. The minimum absolute atomic E-state index is 0.300. The van der Waals surface area contributed by atoms with Crippen LogP contribution in [0.3, 0.4) is 0 Å². The summed E-state index contributed by atoms with van der Waals surface area (Å²) in [6.07, 6.45) is 1.84. The molecule has 0 rings (SSSR count). The quantitative estimate of drug-likeness (QED) is 0.191. The molecular weight excluding hydrogens is 408 g/mol. The molecule has 0 fully saturated rings. The Morgan fingerprint density at radius 3 is 1.56 bits per heavy atom. The highest BCUT2D eigenvalue weighted by Gasteiger charge is 2.49. The van der Waals surface area contributed by atoms with Gasteiger partial charge in [-0.1, -0.05) is 11.6 Å². The maximum atomic E-state index is 11.4. The second-order valence-corrected chi connectivity index (χ2v) is 26.1. The van der Waals surface area contributed by atoms with Gasteiger partial charge in [-0.25, -0.2) is 4.79 Å². The molecular formula is C15H35ClO5Si4. The van der Waals surface area contributed by atoms with Crippen LogP contribution >= 0.6 is 11.6 Å². The van der Waals surface area contributed by atoms with Crippen molar-refractivity contribution in [3.8, 4) is 0 Å². The summed E-state index contributed by atoms with van der Waals surface area (Å²) in [6.45, 7) is 19.7. The van der Waals surface area contributed by atoms with Crippen LogP contribution in [0.2, 0.25) is 65.0 Å². The zero-order valence-electron chi connectivity index (χ0n) is 17.2. The van der Waals surface area contributed by atoms with Crippen LogP contribution in [0.1, 0.15) is 6.42 Å². The standard InChI is InChI=1S/C15H35ClO5Si4/c1-22(2,3)19-25(20-23(4,5)6,21-24(7,8)9)14-10-13-18-15(17)11-12-16/h11-12H,10,13-14H2,1-9H3. The second-order valence-electron chi connectivity index (χ2n) is 8.89. The summed E-state index contributed by atoms with van der Waals surface area (Å²) in [5.41, 5.74) is 1.15. The first-order valence-corrected chi connectivity index (χ1v) is 21.2. The lowest BCUT2D eigenvalue weighted by Crippen LogP contribution is -2.60. The molecule has 0 atom stereocenters. The third-order valence-electron chi connectivity index (χ3n) is 2.46. The van der Waals surface area contributed by atoms with Crippen LogP contribution < -0.4 is 0 Å². The molecule has 5 nitrogen and oxygen atoms in total. The van der Waals surface area contributed by atoms with Crippen LogP contribution in [-0.4, -0.2) is 46.3 Å². The van der Waals surface area contributed by atoms with Gasteiger partial charge in [-0.05, 0) is 65.3 Å². The molecule has 0 bridgehead atoms. The summed E-state index contributed by atoms with van der Waals surface area (Å²) >= 11 is 5.38. The molecule has 0 aliphatic heterocycles. The van der Waals surface area contributed by atoms with Crippen molar-refractivity contribution in [3.05, 3.63) is 11.6 Å². The fourth-order valence-electron chi connectivity index (χ4n) is 2.18. The second kappa shape index (κ2) is 9.97. The number of hydrogen-bond acceptors (Lipinski definition) is 5. The maximum Gasteiger partial charge on any atom is 0.469 e. The number of rotatable bonds is 11. The SMILES string of the molecule is C[Si](C)(C)O[Si](CCCOC(=O)C=CCl)(O[Si](C)(C)C)O[Si](C)(C)C. The van der Waals surface area contributed by atoms with Crippen molar-refractivity contribution in [2.75, 3.05) is 6.61 Å². The molecule has 0 aromatic carbocycles. The summed E-state index contributed by atoms with van der Waals surface area (Å²) in [5, 5.41) is 0. The van der Waals surface area contributed by atoms with Gasteiger partial charge in [-0.15, -0.1) is 0 Å². The maximum absolute atomic E-state index is 11.4. The van der Waals surface area contributed by atoms with E-state index in [1.54, 1.807) is 0 Å². The smallest absolute Gasteiger partial charge is 0.463 e. The van der Waals surface area contributed by atoms with Crippen LogP contribution in [0.4, 0.5) is 0 Å². The third kappa shape index (κ3) is 14.0. The highest BCUT2D eigenvalue weighted by Crippen LogP contribution is 2.29. The summed E-state index contributed by atoms with van der Waals surface area (Å²) in [7, 11) is -8.44. The van der Waals surface area contributed by atoms with E-state index < -0.39 is 39.7 Å². The normalized spacial score (nSPS) is 14.2. The van der Waals surface area contributed by atoms with Gasteiger partial charge in [0.1, 0.15) is 0 Å². The summed E-state index contributed by atoms with van der Waals surface area (Å²) in [5.74, 6) is -0.439. The van der Waals surface area contributed by atoms with Crippen molar-refractivity contribution in [2.24, 2.45) is 0 Å². The Morgan fingerprint density at radius 1 is 0.840 bits per heavy atom. The van der Waals surface area contributed by atoms with Crippen LogP contribution in [-0.2, 0) is 21.9 Å². The Morgan fingerprint density at radius 2 is 1.24 bits per heavy atom. The number of hydrogen-bond donors (Lipinski definition) is 0. The molecule has 148 valence electrons. The number of carbonyl (C=O) groups excluding carboxylic acids is 1. The van der Waals surface area contributed by atoms with Gasteiger partial charge in [0.25, 0.3) is 0 Å². The van der Waals surface area contributed by atoms with Gasteiger partial charge in [0, 0.05) is 17.7 Å². The average Bonchev–Trinajstić information content (AvgIpc) is 2.28. The average molecular weight is 443 g/mol. The summed E-state index contributed by atoms with van der Waals surface area (Å²) in [6, 6.07) is 0.656. The molecule has 0 aromatic rings. The highest BCUT2D eigenvalue weighted by atomic mass is 35.5. The van der Waals surface area contributed by atoms with Crippen LogP contribution in [0.25, 0.3) is 0 Å². The monoisotopic (exact) mass is 442 g/mol. The molecule has 0 unspecified atom stereocenters. The molecule has 0 aliphatic rings. The lowest BCUT2D eigenvalue weighted by molar-refractivity contribution is -0.137. The number of halogens is 1. The zero-order chi connectivity index (χ0) is 19.9. The van der Waals surface area contributed by atoms with Gasteiger partial charge in [-0.2, -0.15) is 0 Å². The predicted molar refractivity (Wildman–Crippen MR) is 114 cm³/mol. The first kappa shape index (κ1) is 25.2. The molecule has 10 heteroatoms.